The Bertz CT molecular complexity index is 984. The van der Waals surface area contributed by atoms with E-state index in [0.29, 0.717) is 17.7 Å². The third-order valence-electron chi connectivity index (χ3n) is 4.74. The molecule has 1 amide bonds. The maximum Gasteiger partial charge on any atom is 0.264 e. The van der Waals surface area contributed by atoms with E-state index in [1.807, 2.05) is 0 Å². The molecule has 0 radical (unpaired) electrons. The highest BCUT2D eigenvalue weighted by atomic mass is 32.2. The highest BCUT2D eigenvalue weighted by Crippen LogP contribution is 2.35. The molecule has 1 aliphatic rings. The average molecular weight is 425 g/mol. The van der Waals surface area contributed by atoms with Crippen molar-refractivity contribution >= 4 is 16.0 Å². The van der Waals surface area contributed by atoms with Gasteiger partial charge in [0.05, 0.1) is 26.0 Å². The predicted octanol–water partition coefficient (Wildman–Crippen LogP) is 2.70. The van der Waals surface area contributed by atoms with Gasteiger partial charge in [-0.3, -0.25) is 8.98 Å². The number of halogens is 2. The Morgan fingerprint density at radius 1 is 1.17 bits per heavy atom. The Kier molecular flexibility index (Phi) is 6.30. The van der Waals surface area contributed by atoms with Crippen molar-refractivity contribution in [2.45, 2.75) is 12.0 Å². The topological polar surface area (TPSA) is 72.9 Å². The van der Waals surface area contributed by atoms with Gasteiger partial charge in [-0.1, -0.05) is 24.3 Å². The van der Waals surface area contributed by atoms with Crippen LogP contribution in [0, 0.1) is 11.6 Å². The monoisotopic (exact) mass is 425 g/mol. The van der Waals surface area contributed by atoms with Crippen molar-refractivity contribution in [3.05, 3.63) is 71.3 Å². The van der Waals surface area contributed by atoms with E-state index in [1.54, 1.807) is 35.2 Å². The maximum absolute atomic E-state index is 13.9. The van der Waals surface area contributed by atoms with E-state index in [4.69, 9.17) is 8.92 Å². The molecule has 6 nitrogen and oxygen atoms in total. The van der Waals surface area contributed by atoms with Gasteiger partial charge in [0.15, 0.2) is 11.6 Å². The van der Waals surface area contributed by atoms with Crippen molar-refractivity contribution in [3.63, 3.8) is 0 Å². The standard InChI is InChI=1S/C20H21F2NO5S/c1-29(25,26)28-11-9-20(16-7-8-17(21)18(22)13-16)14-23(10-12-27-20)19(24)15-5-3-2-4-6-15/h2-8,13H,9-12,14H2,1H3. The van der Waals surface area contributed by atoms with Crippen LogP contribution in [0.4, 0.5) is 8.78 Å². The Morgan fingerprint density at radius 2 is 1.90 bits per heavy atom. The SMILES string of the molecule is CS(=O)(=O)OCCC1(c2ccc(F)c(F)c2)CN(C(=O)c2ccccc2)CCO1. The molecule has 0 aliphatic carbocycles. The summed E-state index contributed by atoms with van der Waals surface area (Å²) in [7, 11) is -3.69. The van der Waals surface area contributed by atoms with E-state index in [0.717, 1.165) is 18.4 Å². The second kappa shape index (κ2) is 8.56. The Hall–Kier alpha value is -2.36. The van der Waals surface area contributed by atoms with Gasteiger partial charge in [-0.15, -0.1) is 0 Å². The lowest BCUT2D eigenvalue weighted by molar-refractivity contribution is -0.114. The number of hydrogen-bond acceptors (Lipinski definition) is 5. The molecule has 1 fully saturated rings. The second-order valence-electron chi connectivity index (χ2n) is 6.84. The molecule has 1 saturated heterocycles. The summed E-state index contributed by atoms with van der Waals surface area (Å²) in [5, 5.41) is 0. The average Bonchev–Trinajstić information content (AvgIpc) is 2.69. The van der Waals surface area contributed by atoms with Crippen LogP contribution >= 0.6 is 0 Å². The lowest BCUT2D eigenvalue weighted by atomic mass is 9.88. The molecule has 1 unspecified atom stereocenters. The highest BCUT2D eigenvalue weighted by Gasteiger charge is 2.40. The Labute approximate surface area is 168 Å². The number of carbonyl (C=O) groups is 1. The third kappa shape index (κ3) is 5.17. The minimum absolute atomic E-state index is 0.0315. The fraction of sp³-hybridized carbons (Fsp3) is 0.350. The zero-order chi connectivity index (χ0) is 21.1. The van der Waals surface area contributed by atoms with Crippen molar-refractivity contribution in [3.8, 4) is 0 Å². The Morgan fingerprint density at radius 3 is 2.55 bits per heavy atom. The minimum atomic E-state index is -3.69. The number of hydrogen-bond donors (Lipinski definition) is 0. The number of carbonyl (C=O) groups excluding carboxylic acids is 1. The molecule has 9 heteroatoms. The first-order chi connectivity index (χ1) is 13.7. The largest absolute Gasteiger partial charge is 0.366 e. The number of benzene rings is 2. The van der Waals surface area contributed by atoms with Gasteiger partial charge in [0.25, 0.3) is 16.0 Å². The lowest BCUT2D eigenvalue weighted by Gasteiger charge is -2.43. The molecule has 0 saturated carbocycles. The van der Waals surface area contributed by atoms with Gasteiger partial charge in [-0.05, 0) is 29.8 Å². The van der Waals surface area contributed by atoms with Crippen LogP contribution in [0.3, 0.4) is 0 Å². The summed E-state index contributed by atoms with van der Waals surface area (Å²) in [6.45, 7) is 0.270. The van der Waals surface area contributed by atoms with E-state index >= 15 is 0 Å². The van der Waals surface area contributed by atoms with Crippen LogP contribution in [-0.4, -0.2) is 51.8 Å². The van der Waals surface area contributed by atoms with Gasteiger partial charge in [0.2, 0.25) is 0 Å². The summed E-state index contributed by atoms with van der Waals surface area (Å²) in [6, 6.07) is 12.0. The zero-order valence-corrected chi connectivity index (χ0v) is 16.6. The smallest absolute Gasteiger partial charge is 0.264 e. The first-order valence-corrected chi connectivity index (χ1v) is 10.8. The number of rotatable bonds is 6. The Balaban J connectivity index is 1.91. The van der Waals surface area contributed by atoms with Crippen LogP contribution in [0.15, 0.2) is 48.5 Å². The van der Waals surface area contributed by atoms with E-state index in [-0.39, 0.29) is 32.1 Å². The molecule has 0 spiro atoms. The molecule has 1 heterocycles. The molecule has 0 aromatic heterocycles. The molecule has 1 aliphatic heterocycles. The lowest BCUT2D eigenvalue weighted by Crippen LogP contribution is -2.52. The van der Waals surface area contributed by atoms with E-state index in [1.165, 1.54) is 6.07 Å². The minimum Gasteiger partial charge on any atom is -0.366 e. The predicted molar refractivity (Wildman–Crippen MR) is 102 cm³/mol. The van der Waals surface area contributed by atoms with Gasteiger partial charge >= 0.3 is 0 Å². The summed E-state index contributed by atoms with van der Waals surface area (Å²) in [4.78, 5) is 14.4. The highest BCUT2D eigenvalue weighted by molar-refractivity contribution is 7.85. The van der Waals surface area contributed by atoms with Crippen molar-refractivity contribution in [2.24, 2.45) is 0 Å². The molecule has 1 atom stereocenters. The molecular formula is C20H21F2NO5S. The first kappa shape index (κ1) is 21.4. The van der Waals surface area contributed by atoms with Gasteiger partial charge in [-0.25, -0.2) is 8.78 Å². The molecule has 156 valence electrons. The van der Waals surface area contributed by atoms with Crippen LogP contribution in [0.25, 0.3) is 0 Å². The van der Waals surface area contributed by atoms with E-state index < -0.39 is 27.4 Å². The van der Waals surface area contributed by atoms with Gasteiger partial charge < -0.3 is 9.64 Å². The van der Waals surface area contributed by atoms with Crippen LogP contribution in [0.2, 0.25) is 0 Å². The van der Waals surface area contributed by atoms with Gasteiger partial charge in [0.1, 0.15) is 5.60 Å². The maximum atomic E-state index is 13.9. The number of morpholine rings is 1. The van der Waals surface area contributed by atoms with Crippen molar-refractivity contribution in [1.82, 2.24) is 4.90 Å². The number of ether oxygens (including phenoxy) is 1. The number of nitrogens with zero attached hydrogens (tertiary/aromatic N) is 1. The summed E-state index contributed by atoms with van der Waals surface area (Å²) < 4.78 is 60.8. The normalized spacial score (nSPS) is 19.9. The molecule has 3 rings (SSSR count). The summed E-state index contributed by atoms with van der Waals surface area (Å²) in [5.74, 6) is -2.30. The third-order valence-corrected chi connectivity index (χ3v) is 5.34. The van der Waals surface area contributed by atoms with Crippen LogP contribution in [0.5, 0.6) is 0 Å². The fourth-order valence-corrected chi connectivity index (χ4v) is 3.71. The second-order valence-corrected chi connectivity index (χ2v) is 8.48. The summed E-state index contributed by atoms with van der Waals surface area (Å²) in [6.07, 6.45) is 0.952. The first-order valence-electron chi connectivity index (χ1n) is 8.98. The molecule has 29 heavy (non-hydrogen) atoms. The van der Waals surface area contributed by atoms with Gasteiger partial charge in [-0.2, -0.15) is 8.42 Å². The van der Waals surface area contributed by atoms with Gasteiger partial charge in [0, 0.05) is 18.5 Å². The fourth-order valence-electron chi connectivity index (χ4n) is 3.33. The number of amides is 1. The van der Waals surface area contributed by atoms with Crippen LogP contribution in [0.1, 0.15) is 22.3 Å². The zero-order valence-electron chi connectivity index (χ0n) is 15.8. The molecule has 0 bridgehead atoms. The summed E-state index contributed by atoms with van der Waals surface area (Å²) >= 11 is 0. The van der Waals surface area contributed by atoms with Crippen molar-refractivity contribution in [2.75, 3.05) is 32.6 Å². The van der Waals surface area contributed by atoms with E-state index in [2.05, 4.69) is 0 Å². The molecule has 2 aromatic rings. The van der Waals surface area contributed by atoms with E-state index in [9.17, 15) is 22.0 Å². The quantitative estimate of drug-likeness (QED) is 0.666. The summed E-state index contributed by atoms with van der Waals surface area (Å²) in [5.41, 5.74) is -0.443. The molecule has 2 aromatic carbocycles. The van der Waals surface area contributed by atoms with Crippen LogP contribution < -0.4 is 0 Å². The molecule has 0 N–H and O–H groups in total. The van der Waals surface area contributed by atoms with Crippen LogP contribution in [-0.2, 0) is 24.6 Å². The van der Waals surface area contributed by atoms with Crippen molar-refractivity contribution in [1.29, 1.82) is 0 Å². The molecular weight excluding hydrogens is 404 g/mol. The van der Waals surface area contributed by atoms with Crippen molar-refractivity contribution < 1.29 is 30.9 Å².